The molecule has 1 aromatic heterocycles. The first-order valence-electron chi connectivity index (χ1n) is 5.46. The average Bonchev–Trinajstić information content (AvgIpc) is 2.39. The van der Waals surface area contributed by atoms with E-state index in [0.29, 0.717) is 42.6 Å². The number of hydrazine groups is 1. The largest absolute Gasteiger partial charge is 0.474 e. The predicted octanol–water partition coefficient (Wildman–Crippen LogP) is 0.957. The third kappa shape index (κ3) is 5.13. The van der Waals surface area contributed by atoms with Gasteiger partial charge in [-0.1, -0.05) is 0 Å². The number of ether oxygens (including phenoxy) is 3. The number of hydrogen-bond acceptors (Lipinski definition) is 7. The van der Waals surface area contributed by atoms with Crippen LogP contribution < -0.4 is 16.0 Å². The zero-order valence-corrected chi connectivity index (χ0v) is 11.8. The fourth-order valence-corrected chi connectivity index (χ4v) is 1.59. The molecule has 0 aromatic carbocycles. The van der Waals surface area contributed by atoms with Gasteiger partial charge in [0.15, 0.2) is 5.82 Å². The molecule has 0 aliphatic carbocycles. The highest BCUT2D eigenvalue weighted by Gasteiger charge is 2.08. The van der Waals surface area contributed by atoms with Crippen molar-refractivity contribution in [3.05, 3.63) is 10.8 Å². The smallest absolute Gasteiger partial charge is 0.233 e. The fourth-order valence-electron chi connectivity index (χ4n) is 1.16. The van der Waals surface area contributed by atoms with Gasteiger partial charge in [0, 0.05) is 20.3 Å². The lowest BCUT2D eigenvalue weighted by Crippen LogP contribution is -2.12. The molecule has 7 nitrogen and oxygen atoms in total. The zero-order chi connectivity index (χ0) is 13.2. The number of anilines is 1. The molecule has 0 atom stereocenters. The molecule has 0 aliphatic heterocycles. The van der Waals surface area contributed by atoms with Crippen molar-refractivity contribution in [2.45, 2.75) is 6.42 Å². The van der Waals surface area contributed by atoms with Crippen molar-refractivity contribution in [1.82, 2.24) is 9.97 Å². The van der Waals surface area contributed by atoms with Crippen molar-refractivity contribution in [3.63, 3.8) is 0 Å². The summed E-state index contributed by atoms with van der Waals surface area (Å²) < 4.78 is 16.3. The van der Waals surface area contributed by atoms with Crippen LogP contribution in [0.5, 0.6) is 5.88 Å². The van der Waals surface area contributed by atoms with E-state index >= 15 is 0 Å². The van der Waals surface area contributed by atoms with Gasteiger partial charge in [0.25, 0.3) is 0 Å². The van der Waals surface area contributed by atoms with Crippen molar-refractivity contribution >= 4 is 21.7 Å². The number of nitrogens with zero attached hydrogens (tertiary/aromatic N) is 2. The molecular weight excluding hydrogens is 304 g/mol. The monoisotopic (exact) mass is 320 g/mol. The number of methoxy groups -OCH3 is 1. The highest BCUT2D eigenvalue weighted by Crippen LogP contribution is 2.27. The van der Waals surface area contributed by atoms with Gasteiger partial charge in [-0.25, -0.2) is 15.8 Å². The minimum absolute atomic E-state index is 0.409. The fraction of sp³-hybridized carbons (Fsp3) is 0.600. The Morgan fingerprint density at radius 3 is 2.83 bits per heavy atom. The van der Waals surface area contributed by atoms with Crippen LogP contribution >= 0.6 is 15.9 Å². The van der Waals surface area contributed by atoms with Crippen LogP contribution in [0.2, 0.25) is 0 Å². The SMILES string of the molecule is COCCCOCCOc1ncnc(NN)c1Br. The molecule has 8 heteroatoms. The van der Waals surface area contributed by atoms with E-state index in [2.05, 4.69) is 31.3 Å². The molecule has 1 rings (SSSR count). The van der Waals surface area contributed by atoms with Gasteiger partial charge in [-0.3, -0.25) is 0 Å². The Kier molecular flexibility index (Phi) is 7.58. The van der Waals surface area contributed by atoms with E-state index in [1.807, 2.05) is 0 Å². The summed E-state index contributed by atoms with van der Waals surface area (Å²) in [6, 6.07) is 0. The summed E-state index contributed by atoms with van der Waals surface area (Å²) in [5.74, 6) is 6.18. The Balaban J connectivity index is 2.23. The first-order chi connectivity index (χ1) is 8.79. The quantitative estimate of drug-likeness (QED) is 0.397. The van der Waals surface area contributed by atoms with Crippen molar-refractivity contribution < 1.29 is 14.2 Å². The van der Waals surface area contributed by atoms with Crippen LogP contribution in [0.1, 0.15) is 6.42 Å². The van der Waals surface area contributed by atoms with Crippen LogP contribution in [0.3, 0.4) is 0 Å². The molecule has 3 N–H and O–H groups in total. The summed E-state index contributed by atoms with van der Waals surface area (Å²) in [6.45, 7) is 2.25. The van der Waals surface area contributed by atoms with Gasteiger partial charge in [0.05, 0.1) is 6.61 Å². The van der Waals surface area contributed by atoms with E-state index in [9.17, 15) is 0 Å². The second-order valence-corrected chi connectivity index (χ2v) is 4.09. The number of nitrogens with one attached hydrogen (secondary N) is 1. The molecule has 0 amide bonds. The highest BCUT2D eigenvalue weighted by molar-refractivity contribution is 9.10. The lowest BCUT2D eigenvalue weighted by atomic mass is 10.5. The van der Waals surface area contributed by atoms with E-state index in [0.717, 1.165) is 6.42 Å². The first-order valence-corrected chi connectivity index (χ1v) is 6.25. The normalized spacial score (nSPS) is 10.4. The number of nitrogens with two attached hydrogens (primary N) is 1. The van der Waals surface area contributed by atoms with Crippen molar-refractivity contribution in [1.29, 1.82) is 0 Å². The van der Waals surface area contributed by atoms with E-state index < -0.39 is 0 Å². The lowest BCUT2D eigenvalue weighted by Gasteiger charge is -2.09. The molecule has 0 aliphatic rings. The Morgan fingerprint density at radius 2 is 2.11 bits per heavy atom. The van der Waals surface area contributed by atoms with Gasteiger partial charge in [-0.15, -0.1) is 0 Å². The number of aromatic nitrogens is 2. The lowest BCUT2D eigenvalue weighted by molar-refractivity contribution is 0.0793. The number of halogens is 1. The van der Waals surface area contributed by atoms with Crippen LogP contribution in [0.4, 0.5) is 5.82 Å². The minimum Gasteiger partial charge on any atom is -0.474 e. The summed E-state index contributed by atoms with van der Waals surface area (Å²) in [5.41, 5.74) is 2.44. The molecule has 1 heterocycles. The summed E-state index contributed by atoms with van der Waals surface area (Å²) in [7, 11) is 1.67. The molecule has 0 bridgehead atoms. The number of hydrogen-bond donors (Lipinski definition) is 2. The van der Waals surface area contributed by atoms with E-state index in [1.54, 1.807) is 7.11 Å². The maximum absolute atomic E-state index is 5.44. The summed E-state index contributed by atoms with van der Waals surface area (Å²) in [6.07, 6.45) is 2.24. The maximum atomic E-state index is 5.44. The minimum atomic E-state index is 0.409. The topological polar surface area (TPSA) is 91.5 Å². The second-order valence-electron chi connectivity index (χ2n) is 3.29. The maximum Gasteiger partial charge on any atom is 0.233 e. The molecule has 1 aromatic rings. The van der Waals surface area contributed by atoms with E-state index in [1.165, 1.54) is 6.33 Å². The first kappa shape index (κ1) is 15.1. The van der Waals surface area contributed by atoms with Crippen LogP contribution in [-0.2, 0) is 9.47 Å². The van der Waals surface area contributed by atoms with Crippen LogP contribution in [0, 0.1) is 0 Å². The molecule has 0 radical (unpaired) electrons. The van der Waals surface area contributed by atoms with Gasteiger partial charge in [-0.05, 0) is 22.4 Å². The van der Waals surface area contributed by atoms with Crippen LogP contribution in [0.15, 0.2) is 10.8 Å². The predicted molar refractivity (Wildman–Crippen MR) is 70.3 cm³/mol. The highest BCUT2D eigenvalue weighted by atomic mass is 79.9. The van der Waals surface area contributed by atoms with Crippen molar-refractivity contribution in [2.24, 2.45) is 5.84 Å². The van der Waals surface area contributed by atoms with Crippen molar-refractivity contribution in [3.8, 4) is 5.88 Å². The molecule has 0 saturated heterocycles. The number of nitrogen functional groups attached to an aromatic ring is 1. The molecule has 0 unspecified atom stereocenters. The van der Waals surface area contributed by atoms with Gasteiger partial charge >= 0.3 is 0 Å². The molecule has 18 heavy (non-hydrogen) atoms. The molecule has 0 saturated carbocycles. The number of rotatable bonds is 9. The van der Waals surface area contributed by atoms with Crippen LogP contribution in [0.25, 0.3) is 0 Å². The van der Waals surface area contributed by atoms with Gasteiger partial charge in [0.1, 0.15) is 17.4 Å². The Bertz CT molecular complexity index is 354. The third-order valence-corrected chi connectivity index (χ3v) is 2.71. The van der Waals surface area contributed by atoms with E-state index in [4.69, 9.17) is 20.1 Å². The van der Waals surface area contributed by atoms with Crippen molar-refractivity contribution in [2.75, 3.05) is 39.0 Å². The summed E-state index contributed by atoms with van der Waals surface area (Å²) >= 11 is 3.29. The average molecular weight is 321 g/mol. The Labute approximate surface area is 114 Å². The van der Waals surface area contributed by atoms with Gasteiger partial charge in [-0.2, -0.15) is 0 Å². The molecule has 0 spiro atoms. The summed E-state index contributed by atoms with van der Waals surface area (Å²) in [5, 5.41) is 0. The Morgan fingerprint density at radius 1 is 1.28 bits per heavy atom. The second kappa shape index (κ2) is 9.03. The van der Waals surface area contributed by atoms with E-state index in [-0.39, 0.29) is 0 Å². The Hall–Kier alpha value is -0.960. The summed E-state index contributed by atoms with van der Waals surface area (Å²) in [4.78, 5) is 7.90. The molecular formula is C10H17BrN4O3. The standard InChI is InChI=1S/C10H17BrN4O3/c1-16-3-2-4-17-5-6-18-10-8(11)9(15-12)13-7-14-10/h7H,2-6,12H2,1H3,(H,13,14,15). The van der Waals surface area contributed by atoms with Gasteiger partial charge < -0.3 is 19.6 Å². The van der Waals surface area contributed by atoms with Crippen LogP contribution in [-0.4, -0.2) is 43.5 Å². The van der Waals surface area contributed by atoms with Gasteiger partial charge in [0.2, 0.25) is 5.88 Å². The molecule has 102 valence electrons. The zero-order valence-electron chi connectivity index (χ0n) is 10.2. The third-order valence-electron chi connectivity index (χ3n) is 2.00. The molecule has 0 fully saturated rings.